The lowest BCUT2D eigenvalue weighted by Crippen LogP contribution is -2.59. The second kappa shape index (κ2) is 22.5. The monoisotopic (exact) mass is 807 g/mol. The van der Waals surface area contributed by atoms with Gasteiger partial charge in [-0.1, -0.05) is 12.1 Å². The highest BCUT2D eigenvalue weighted by Crippen LogP contribution is 2.12. The number of nitrogens with two attached hydrogens (primary N) is 3. The van der Waals surface area contributed by atoms with E-state index in [-0.39, 0.29) is 12.2 Å². The molecular weight excluding hydrogens is 762 g/mol. The van der Waals surface area contributed by atoms with Crippen molar-refractivity contribution in [2.75, 3.05) is 26.3 Å². The average Bonchev–Trinajstić information content (AvgIpc) is 3.13. The van der Waals surface area contributed by atoms with Crippen LogP contribution in [0.4, 0.5) is 0 Å². The topological polar surface area (TPSA) is 423 Å². The maximum absolute atomic E-state index is 13.6. The number of nitrogens with one attached hydrogen (secondary N) is 8. The summed E-state index contributed by atoms with van der Waals surface area (Å²) in [5.41, 5.74) is 16.0. The quantitative estimate of drug-likeness (QED) is 0.104. The van der Waals surface area contributed by atoms with Crippen LogP contribution in [-0.4, -0.2) is 143 Å². The van der Waals surface area contributed by atoms with Crippen molar-refractivity contribution in [1.82, 2.24) is 42.5 Å². The Balaban J connectivity index is 2.51. The standard InChI is InChI=1S/C32H45N11O14/c33-22(47)8-17-27(52)36-6-5-25(50)39-20(12-44)31(56)40-16(7-14-1-3-15(46)4-2-14)29(54)41-18(9-23(34)48)28(53)37-11-26(51)38-19(10-24(35)49)30(55)43-21(13-45)32(57)42-17/h1-4,16-21,44-46H,5-13H2,(H2,33,47)(H2,34,48)(H2,35,49)(H,36,52)(H,37,53)(H,38,51)(H,39,50)(H,40,56)(H,41,54)(H,42,57)(H,43,55)/t16-,17+,18-,19+,20-,21+/m1/s1. The number of phenols is 1. The van der Waals surface area contributed by atoms with E-state index < -0.39 is 153 Å². The van der Waals surface area contributed by atoms with Crippen LogP contribution in [0.25, 0.3) is 0 Å². The fourth-order valence-electron chi connectivity index (χ4n) is 5.01. The van der Waals surface area contributed by atoms with Crippen molar-refractivity contribution in [2.45, 2.75) is 68.4 Å². The third-order valence-corrected chi connectivity index (χ3v) is 7.87. The van der Waals surface area contributed by atoms with Gasteiger partial charge in [0.1, 0.15) is 42.0 Å². The van der Waals surface area contributed by atoms with Gasteiger partial charge in [0.05, 0.1) is 39.0 Å². The van der Waals surface area contributed by atoms with Gasteiger partial charge >= 0.3 is 0 Å². The Kier molecular flexibility index (Phi) is 18.2. The minimum Gasteiger partial charge on any atom is -0.508 e. The zero-order chi connectivity index (χ0) is 42.8. The largest absolute Gasteiger partial charge is 0.508 e. The van der Waals surface area contributed by atoms with Gasteiger partial charge in [-0.25, -0.2) is 0 Å². The van der Waals surface area contributed by atoms with Gasteiger partial charge in [-0.3, -0.25) is 52.7 Å². The second-order valence-electron chi connectivity index (χ2n) is 12.5. The summed E-state index contributed by atoms with van der Waals surface area (Å²) in [5, 5.41) is 46.8. The highest BCUT2D eigenvalue weighted by Gasteiger charge is 2.33. The van der Waals surface area contributed by atoms with Crippen molar-refractivity contribution in [3.05, 3.63) is 29.8 Å². The van der Waals surface area contributed by atoms with E-state index in [0.29, 0.717) is 5.56 Å². The Hall–Kier alpha value is -6.89. The van der Waals surface area contributed by atoms with Gasteiger partial charge in [-0.05, 0) is 17.7 Å². The number of aliphatic hydroxyl groups excluding tert-OH is 2. The van der Waals surface area contributed by atoms with Crippen LogP contribution in [0.3, 0.4) is 0 Å². The Morgan fingerprint density at radius 3 is 1.40 bits per heavy atom. The lowest BCUT2D eigenvalue weighted by atomic mass is 10.0. The van der Waals surface area contributed by atoms with E-state index in [9.17, 15) is 68.1 Å². The number of phenolic OH excluding ortho intramolecular Hbond substituents is 1. The van der Waals surface area contributed by atoms with Gasteiger partial charge in [0.25, 0.3) is 0 Å². The zero-order valence-corrected chi connectivity index (χ0v) is 30.2. The molecule has 1 fully saturated rings. The third-order valence-electron chi connectivity index (χ3n) is 7.87. The second-order valence-corrected chi connectivity index (χ2v) is 12.5. The predicted molar refractivity (Wildman–Crippen MR) is 190 cm³/mol. The van der Waals surface area contributed by atoms with Gasteiger partial charge in [-0.2, -0.15) is 0 Å². The minimum atomic E-state index is -1.86. The zero-order valence-electron chi connectivity index (χ0n) is 30.2. The molecule has 25 nitrogen and oxygen atoms in total. The molecule has 0 aliphatic carbocycles. The van der Waals surface area contributed by atoms with Crippen molar-refractivity contribution in [1.29, 1.82) is 0 Å². The van der Waals surface area contributed by atoms with E-state index in [0.717, 1.165) is 0 Å². The van der Waals surface area contributed by atoms with E-state index in [4.69, 9.17) is 17.2 Å². The maximum atomic E-state index is 13.6. The minimum absolute atomic E-state index is 0.137. The summed E-state index contributed by atoms with van der Waals surface area (Å²) in [6.45, 7) is -3.54. The van der Waals surface area contributed by atoms with Crippen LogP contribution in [0, 0.1) is 0 Å². The molecule has 2 rings (SSSR count). The fourth-order valence-corrected chi connectivity index (χ4v) is 5.01. The molecule has 1 aromatic carbocycles. The molecular formula is C32H45N11O14. The van der Waals surface area contributed by atoms with E-state index in [1.807, 2.05) is 5.32 Å². The van der Waals surface area contributed by atoms with Gasteiger partial charge in [0.2, 0.25) is 65.0 Å². The number of benzene rings is 1. The van der Waals surface area contributed by atoms with E-state index in [2.05, 4.69) is 37.2 Å². The molecule has 1 heterocycles. The normalized spacial score (nSPS) is 24.0. The number of amides is 11. The first-order valence-corrected chi connectivity index (χ1v) is 17.0. The number of carbonyl (C=O) groups is 11. The van der Waals surface area contributed by atoms with E-state index in [1.54, 1.807) is 0 Å². The summed E-state index contributed by atoms with van der Waals surface area (Å²) < 4.78 is 0. The molecule has 17 N–H and O–H groups in total. The molecule has 0 saturated carbocycles. The molecule has 0 unspecified atom stereocenters. The Labute approximate surface area is 322 Å². The van der Waals surface area contributed by atoms with Crippen LogP contribution in [0.15, 0.2) is 24.3 Å². The molecule has 1 aliphatic heterocycles. The van der Waals surface area contributed by atoms with Crippen LogP contribution in [0.2, 0.25) is 0 Å². The molecule has 0 bridgehead atoms. The molecule has 0 aromatic heterocycles. The smallest absolute Gasteiger partial charge is 0.245 e. The number of aromatic hydroxyl groups is 1. The molecule has 11 amide bonds. The summed E-state index contributed by atoms with van der Waals surface area (Å²) in [5.74, 6) is -12.4. The maximum Gasteiger partial charge on any atom is 0.245 e. The first kappa shape index (κ1) is 46.3. The van der Waals surface area contributed by atoms with Crippen LogP contribution >= 0.6 is 0 Å². The number of rotatable bonds is 10. The van der Waals surface area contributed by atoms with Gasteiger partial charge < -0.3 is 75.1 Å². The molecule has 0 radical (unpaired) electrons. The number of aliphatic hydroxyl groups is 2. The first-order valence-electron chi connectivity index (χ1n) is 17.0. The highest BCUT2D eigenvalue weighted by atomic mass is 16.3. The van der Waals surface area contributed by atoms with Crippen LogP contribution in [0.5, 0.6) is 5.75 Å². The van der Waals surface area contributed by atoms with Crippen LogP contribution < -0.4 is 59.7 Å². The van der Waals surface area contributed by atoms with Gasteiger partial charge in [0.15, 0.2) is 0 Å². The van der Waals surface area contributed by atoms with Gasteiger partial charge in [-0.15, -0.1) is 0 Å². The van der Waals surface area contributed by atoms with E-state index >= 15 is 0 Å². The van der Waals surface area contributed by atoms with Gasteiger partial charge in [0, 0.05) is 19.4 Å². The van der Waals surface area contributed by atoms with Crippen LogP contribution in [-0.2, 0) is 59.2 Å². The summed E-state index contributed by atoms with van der Waals surface area (Å²) in [6.07, 6.45) is -3.35. The third kappa shape index (κ3) is 16.2. The number of hydrogen-bond acceptors (Lipinski definition) is 14. The van der Waals surface area contributed by atoms with Crippen molar-refractivity contribution >= 4 is 65.0 Å². The molecule has 1 saturated heterocycles. The molecule has 25 heteroatoms. The fraction of sp³-hybridized carbons (Fsp3) is 0.469. The van der Waals surface area contributed by atoms with Crippen molar-refractivity contribution in [3.8, 4) is 5.75 Å². The average molecular weight is 808 g/mol. The highest BCUT2D eigenvalue weighted by molar-refractivity contribution is 5.99. The lowest BCUT2D eigenvalue weighted by Gasteiger charge is -2.25. The molecule has 6 atom stereocenters. The molecule has 1 aromatic rings. The lowest BCUT2D eigenvalue weighted by molar-refractivity contribution is -0.136. The first-order chi connectivity index (χ1) is 26.8. The predicted octanol–water partition coefficient (Wildman–Crippen LogP) is -8.91. The SMILES string of the molecule is NC(=O)C[C@@H]1NC(=O)CNC(=O)[C@@H](CC(N)=O)NC(=O)[C@@H](Cc2ccc(O)cc2)NC(=O)[C@@H](CO)NC(=O)CCNC(=O)[C@H](CC(N)=O)NC(=O)[C@H](CO)NC1=O. The summed E-state index contributed by atoms with van der Waals surface area (Å²) in [6, 6.07) is -5.10. The Morgan fingerprint density at radius 1 is 0.526 bits per heavy atom. The number of hydrogen-bond donors (Lipinski definition) is 14. The Morgan fingerprint density at radius 2 is 0.912 bits per heavy atom. The summed E-state index contributed by atoms with van der Waals surface area (Å²) in [4.78, 5) is 140. The van der Waals surface area contributed by atoms with Crippen molar-refractivity contribution in [3.63, 3.8) is 0 Å². The number of carbonyl (C=O) groups excluding carboxylic acids is 11. The number of primary amides is 3. The van der Waals surface area contributed by atoms with Crippen molar-refractivity contribution < 1.29 is 68.1 Å². The molecule has 0 spiro atoms. The molecule has 312 valence electrons. The Bertz CT molecular complexity index is 1710. The van der Waals surface area contributed by atoms with Crippen molar-refractivity contribution in [2.24, 2.45) is 17.2 Å². The molecule has 57 heavy (non-hydrogen) atoms. The summed E-state index contributed by atoms with van der Waals surface area (Å²) >= 11 is 0. The van der Waals surface area contributed by atoms with E-state index in [1.165, 1.54) is 24.3 Å². The summed E-state index contributed by atoms with van der Waals surface area (Å²) in [7, 11) is 0. The van der Waals surface area contributed by atoms with Crippen LogP contribution in [0.1, 0.15) is 31.2 Å². The molecule has 1 aliphatic rings.